The molecule has 0 radical (unpaired) electrons. The molecule has 0 atom stereocenters. The van der Waals surface area contributed by atoms with Gasteiger partial charge < -0.3 is 10.1 Å². The van der Waals surface area contributed by atoms with Crippen molar-refractivity contribution in [3.8, 4) is 5.75 Å². The number of hydrogen-bond donors (Lipinski definition) is 1. The molecule has 2 aromatic rings. The molecule has 2 nitrogen and oxygen atoms in total. The first kappa shape index (κ1) is 9.67. The van der Waals surface area contributed by atoms with Crippen molar-refractivity contribution in [3.05, 3.63) is 42.0 Å². The topological polar surface area (TPSA) is 21.3 Å². The van der Waals surface area contributed by atoms with Crippen molar-refractivity contribution in [1.29, 1.82) is 0 Å². The maximum Gasteiger partial charge on any atom is 0.123 e. The molecule has 1 N–H and O–H groups in total. The van der Waals surface area contributed by atoms with E-state index in [1.54, 1.807) is 7.11 Å². The average Bonchev–Trinajstić information content (AvgIpc) is 2.27. The van der Waals surface area contributed by atoms with Crippen molar-refractivity contribution in [3.63, 3.8) is 0 Å². The number of methoxy groups -OCH3 is 1. The third-order valence-corrected chi connectivity index (χ3v) is 3.34. The van der Waals surface area contributed by atoms with Gasteiger partial charge >= 0.3 is 0 Å². The molecule has 16 heavy (non-hydrogen) atoms. The van der Waals surface area contributed by atoms with E-state index in [-0.39, 0.29) is 0 Å². The first-order valence-corrected chi connectivity index (χ1v) is 5.66. The van der Waals surface area contributed by atoms with E-state index in [9.17, 15) is 0 Å². The quantitative estimate of drug-likeness (QED) is 0.827. The molecule has 0 aromatic heterocycles. The first-order chi connectivity index (χ1) is 7.90. The second-order valence-electron chi connectivity index (χ2n) is 4.26. The van der Waals surface area contributed by atoms with Crippen molar-refractivity contribution >= 4 is 10.8 Å². The van der Waals surface area contributed by atoms with Crippen LogP contribution in [0.1, 0.15) is 11.5 Å². The van der Waals surface area contributed by atoms with Crippen molar-refractivity contribution in [2.75, 3.05) is 20.2 Å². The highest BCUT2D eigenvalue weighted by atomic mass is 16.5. The van der Waals surface area contributed by atoms with Crippen LogP contribution in [0.3, 0.4) is 0 Å². The maximum absolute atomic E-state index is 5.48. The van der Waals surface area contributed by atoms with Crippen LogP contribution < -0.4 is 10.1 Å². The standard InChI is InChI=1S/C14H15NO/c1-16-13-7-6-10-4-2-3-5-12(10)14(13)11-8-15-9-11/h2-7,11,15H,8-9H2,1H3. The Labute approximate surface area is 95.2 Å². The number of fused-ring (bicyclic) bond motifs is 1. The zero-order valence-electron chi connectivity index (χ0n) is 9.36. The van der Waals surface area contributed by atoms with Crippen molar-refractivity contribution in [2.24, 2.45) is 0 Å². The van der Waals surface area contributed by atoms with E-state index in [4.69, 9.17) is 4.74 Å². The molecule has 1 saturated heterocycles. The van der Waals surface area contributed by atoms with E-state index in [0.717, 1.165) is 18.8 Å². The third kappa shape index (κ3) is 1.38. The highest BCUT2D eigenvalue weighted by Gasteiger charge is 2.24. The zero-order valence-corrected chi connectivity index (χ0v) is 9.36. The molecule has 1 aliphatic rings. The van der Waals surface area contributed by atoms with Crippen LogP contribution in [0.4, 0.5) is 0 Å². The molecular formula is C14H15NO. The number of ether oxygens (including phenoxy) is 1. The van der Waals surface area contributed by atoms with E-state index < -0.39 is 0 Å². The summed E-state index contributed by atoms with van der Waals surface area (Å²) in [6.07, 6.45) is 0. The Hall–Kier alpha value is -1.54. The first-order valence-electron chi connectivity index (χ1n) is 5.66. The summed E-state index contributed by atoms with van der Waals surface area (Å²) in [5.74, 6) is 1.62. The van der Waals surface area contributed by atoms with Crippen LogP contribution >= 0.6 is 0 Å². The lowest BCUT2D eigenvalue weighted by atomic mass is 9.88. The summed E-state index contributed by atoms with van der Waals surface area (Å²) in [6.45, 7) is 2.12. The Morgan fingerprint density at radius 1 is 1.12 bits per heavy atom. The lowest BCUT2D eigenvalue weighted by molar-refractivity contribution is 0.387. The fraction of sp³-hybridized carbons (Fsp3) is 0.286. The SMILES string of the molecule is COc1ccc2ccccc2c1C1CNC1. The molecular weight excluding hydrogens is 198 g/mol. The van der Waals surface area contributed by atoms with Crippen LogP contribution in [0.5, 0.6) is 5.75 Å². The summed E-state index contributed by atoms with van der Waals surface area (Å²) in [5, 5.41) is 5.94. The Balaban J connectivity index is 2.25. The van der Waals surface area contributed by atoms with Gasteiger partial charge in [0.15, 0.2) is 0 Å². The fourth-order valence-electron chi connectivity index (χ4n) is 2.37. The predicted molar refractivity (Wildman–Crippen MR) is 66.1 cm³/mol. The molecule has 2 aromatic carbocycles. The van der Waals surface area contributed by atoms with Crippen LogP contribution in [-0.2, 0) is 0 Å². The molecule has 2 heteroatoms. The van der Waals surface area contributed by atoms with Gasteiger partial charge in [0, 0.05) is 24.6 Å². The molecule has 0 saturated carbocycles. The number of benzene rings is 2. The highest BCUT2D eigenvalue weighted by molar-refractivity contribution is 5.88. The summed E-state index contributed by atoms with van der Waals surface area (Å²) in [7, 11) is 1.75. The van der Waals surface area contributed by atoms with Crippen molar-refractivity contribution in [2.45, 2.75) is 5.92 Å². The summed E-state index contributed by atoms with van der Waals surface area (Å²) in [5.41, 5.74) is 1.36. The number of rotatable bonds is 2. The van der Waals surface area contributed by atoms with E-state index in [2.05, 4.69) is 41.7 Å². The van der Waals surface area contributed by atoms with Gasteiger partial charge in [0.05, 0.1) is 7.11 Å². The monoisotopic (exact) mass is 213 g/mol. The molecule has 0 amide bonds. The van der Waals surface area contributed by atoms with Gasteiger partial charge in [0.1, 0.15) is 5.75 Å². The smallest absolute Gasteiger partial charge is 0.123 e. The zero-order chi connectivity index (χ0) is 11.0. The average molecular weight is 213 g/mol. The predicted octanol–water partition coefficient (Wildman–Crippen LogP) is 2.54. The molecule has 0 bridgehead atoms. The molecule has 1 aliphatic heterocycles. The highest BCUT2D eigenvalue weighted by Crippen LogP contribution is 2.35. The molecule has 3 rings (SSSR count). The van der Waals surface area contributed by atoms with E-state index in [1.807, 2.05) is 0 Å². The lowest BCUT2D eigenvalue weighted by Gasteiger charge is -2.30. The van der Waals surface area contributed by atoms with Gasteiger partial charge in [-0.05, 0) is 16.8 Å². The van der Waals surface area contributed by atoms with Crippen LogP contribution in [0.15, 0.2) is 36.4 Å². The second kappa shape index (κ2) is 3.80. The maximum atomic E-state index is 5.48. The summed E-state index contributed by atoms with van der Waals surface area (Å²) < 4.78 is 5.48. The van der Waals surface area contributed by atoms with Gasteiger partial charge in [-0.1, -0.05) is 30.3 Å². The van der Waals surface area contributed by atoms with E-state index in [1.165, 1.54) is 16.3 Å². The molecule has 0 aliphatic carbocycles. The third-order valence-electron chi connectivity index (χ3n) is 3.34. The van der Waals surface area contributed by atoms with Gasteiger partial charge in [0.25, 0.3) is 0 Å². The largest absolute Gasteiger partial charge is 0.496 e. The van der Waals surface area contributed by atoms with Gasteiger partial charge in [-0.25, -0.2) is 0 Å². The summed E-state index contributed by atoms with van der Waals surface area (Å²) >= 11 is 0. The Bertz CT molecular complexity index is 517. The van der Waals surface area contributed by atoms with Crippen LogP contribution in [0.2, 0.25) is 0 Å². The fourth-order valence-corrected chi connectivity index (χ4v) is 2.37. The minimum Gasteiger partial charge on any atom is -0.496 e. The number of nitrogens with one attached hydrogen (secondary N) is 1. The minimum absolute atomic E-state index is 0.598. The number of hydrogen-bond acceptors (Lipinski definition) is 2. The Morgan fingerprint density at radius 2 is 1.94 bits per heavy atom. The molecule has 1 fully saturated rings. The van der Waals surface area contributed by atoms with Gasteiger partial charge in [-0.3, -0.25) is 0 Å². The van der Waals surface area contributed by atoms with Gasteiger partial charge in [-0.15, -0.1) is 0 Å². The van der Waals surface area contributed by atoms with E-state index in [0.29, 0.717) is 5.92 Å². The van der Waals surface area contributed by atoms with Crippen LogP contribution in [0.25, 0.3) is 10.8 Å². The normalized spacial score (nSPS) is 16.1. The molecule has 0 spiro atoms. The summed E-state index contributed by atoms with van der Waals surface area (Å²) in [4.78, 5) is 0. The Kier molecular flexibility index (Phi) is 2.29. The Morgan fingerprint density at radius 3 is 2.62 bits per heavy atom. The van der Waals surface area contributed by atoms with Crippen molar-refractivity contribution < 1.29 is 4.74 Å². The molecule has 82 valence electrons. The van der Waals surface area contributed by atoms with Gasteiger partial charge in [0.2, 0.25) is 0 Å². The van der Waals surface area contributed by atoms with Crippen LogP contribution in [0, 0.1) is 0 Å². The van der Waals surface area contributed by atoms with E-state index >= 15 is 0 Å². The summed E-state index contributed by atoms with van der Waals surface area (Å²) in [6, 6.07) is 12.7. The second-order valence-corrected chi connectivity index (χ2v) is 4.26. The lowest BCUT2D eigenvalue weighted by Crippen LogP contribution is -2.40. The molecule has 1 heterocycles. The van der Waals surface area contributed by atoms with Gasteiger partial charge in [-0.2, -0.15) is 0 Å². The minimum atomic E-state index is 0.598. The molecule has 0 unspecified atom stereocenters. The van der Waals surface area contributed by atoms with Crippen molar-refractivity contribution in [1.82, 2.24) is 5.32 Å². The van der Waals surface area contributed by atoms with Crippen LogP contribution in [-0.4, -0.2) is 20.2 Å².